The molecule has 0 unspecified atom stereocenters. The highest BCUT2D eigenvalue weighted by molar-refractivity contribution is 5.92. The number of carbonyl (C=O) groups is 1. The van der Waals surface area contributed by atoms with E-state index in [1.165, 1.54) is 24.3 Å². The van der Waals surface area contributed by atoms with E-state index < -0.39 is 5.97 Å². The zero-order valence-corrected chi connectivity index (χ0v) is 12.0. The Labute approximate surface area is 121 Å². The van der Waals surface area contributed by atoms with Gasteiger partial charge in [0.05, 0.1) is 0 Å². The van der Waals surface area contributed by atoms with Gasteiger partial charge in [0.25, 0.3) is 0 Å². The van der Waals surface area contributed by atoms with Crippen LogP contribution in [0.25, 0.3) is 11.3 Å². The fraction of sp³-hybridized carbons (Fsp3) is 0.357. The molecule has 0 saturated heterocycles. The topological polar surface area (TPSA) is 71.2 Å². The van der Waals surface area contributed by atoms with Crippen molar-refractivity contribution in [1.29, 1.82) is 0 Å². The monoisotopic (exact) mass is 292 g/mol. The Hall–Kier alpha value is -2.28. The molecule has 0 bridgehead atoms. The number of rotatable bonds is 6. The summed E-state index contributed by atoms with van der Waals surface area (Å²) in [6.45, 7) is 1.40. The number of hydrogen-bond donors (Lipinski definition) is 1. The number of carboxylic acids is 1. The maximum atomic E-state index is 13.0. The summed E-state index contributed by atoms with van der Waals surface area (Å²) in [6, 6.07) is 5.64. The van der Waals surface area contributed by atoms with Gasteiger partial charge in [0.1, 0.15) is 11.5 Å². The molecule has 6 nitrogen and oxygen atoms in total. The third-order valence-electron chi connectivity index (χ3n) is 3.03. The number of halogens is 1. The molecular formula is C14H17FN4O2. The van der Waals surface area contributed by atoms with E-state index in [4.69, 9.17) is 0 Å². The van der Waals surface area contributed by atoms with Crippen molar-refractivity contribution in [3.05, 3.63) is 35.8 Å². The number of nitrogens with zero attached hydrogens (tertiary/aromatic N) is 4. The lowest BCUT2D eigenvalue weighted by atomic mass is 10.1. The first-order valence-corrected chi connectivity index (χ1v) is 6.56. The maximum Gasteiger partial charge on any atom is 0.358 e. The van der Waals surface area contributed by atoms with Crippen LogP contribution in [0.3, 0.4) is 0 Å². The van der Waals surface area contributed by atoms with Crippen molar-refractivity contribution < 1.29 is 14.3 Å². The van der Waals surface area contributed by atoms with Crippen LogP contribution in [-0.4, -0.2) is 51.6 Å². The molecule has 0 spiro atoms. The lowest BCUT2D eigenvalue weighted by Gasteiger charge is -2.10. The van der Waals surface area contributed by atoms with Gasteiger partial charge in [-0.3, -0.25) is 0 Å². The number of carboxylic acid groups (broad SMARTS) is 1. The molecule has 0 radical (unpaired) electrons. The van der Waals surface area contributed by atoms with Crippen LogP contribution in [0.2, 0.25) is 0 Å². The summed E-state index contributed by atoms with van der Waals surface area (Å²) in [7, 11) is 3.93. The molecule has 0 aliphatic rings. The van der Waals surface area contributed by atoms with E-state index in [0.717, 1.165) is 13.0 Å². The minimum absolute atomic E-state index is 0.119. The molecule has 0 aliphatic carbocycles. The third-order valence-corrected chi connectivity index (χ3v) is 3.03. The highest BCUT2D eigenvalue weighted by Crippen LogP contribution is 2.23. The molecule has 7 heteroatoms. The molecular weight excluding hydrogens is 275 g/mol. The molecule has 0 amide bonds. The number of aryl methyl sites for hydroxylation is 1. The van der Waals surface area contributed by atoms with Gasteiger partial charge in [0.15, 0.2) is 5.69 Å². The molecule has 0 atom stereocenters. The van der Waals surface area contributed by atoms with E-state index in [1.54, 1.807) is 4.68 Å². The first-order chi connectivity index (χ1) is 9.99. The normalized spacial score (nSPS) is 11.0. The fourth-order valence-electron chi connectivity index (χ4n) is 2.04. The van der Waals surface area contributed by atoms with E-state index in [-0.39, 0.29) is 11.5 Å². The summed E-state index contributed by atoms with van der Waals surface area (Å²) in [5, 5.41) is 16.8. The van der Waals surface area contributed by atoms with Gasteiger partial charge in [0, 0.05) is 12.1 Å². The standard InChI is InChI=1S/C14H17FN4O2/c1-18(2)8-3-9-19-13(12(14(20)21)16-17-19)10-4-6-11(15)7-5-10/h4-7H,3,8-9H2,1-2H3,(H,20,21). The molecule has 0 aliphatic heterocycles. The highest BCUT2D eigenvalue weighted by Gasteiger charge is 2.20. The van der Waals surface area contributed by atoms with Crippen LogP contribution in [0, 0.1) is 5.82 Å². The molecule has 2 rings (SSSR count). The van der Waals surface area contributed by atoms with Crippen LogP contribution in [0.5, 0.6) is 0 Å². The Morgan fingerprint density at radius 1 is 1.33 bits per heavy atom. The van der Waals surface area contributed by atoms with E-state index in [2.05, 4.69) is 10.3 Å². The molecule has 2 aromatic rings. The molecule has 112 valence electrons. The third kappa shape index (κ3) is 3.63. The zero-order valence-electron chi connectivity index (χ0n) is 12.0. The summed E-state index contributed by atoms with van der Waals surface area (Å²) in [4.78, 5) is 13.3. The highest BCUT2D eigenvalue weighted by atomic mass is 19.1. The van der Waals surface area contributed by atoms with E-state index in [1.807, 2.05) is 19.0 Å². The molecule has 1 N–H and O–H groups in total. The zero-order chi connectivity index (χ0) is 15.4. The minimum atomic E-state index is -1.15. The van der Waals surface area contributed by atoms with Crippen LogP contribution in [0.15, 0.2) is 24.3 Å². The summed E-state index contributed by atoms with van der Waals surface area (Å²) in [5.41, 5.74) is 0.872. The summed E-state index contributed by atoms with van der Waals surface area (Å²) < 4.78 is 14.6. The second-order valence-electron chi connectivity index (χ2n) is 4.98. The first kappa shape index (κ1) is 15.1. The Morgan fingerprint density at radius 2 is 2.00 bits per heavy atom. The van der Waals surface area contributed by atoms with Gasteiger partial charge in [-0.05, 0) is 51.3 Å². The minimum Gasteiger partial charge on any atom is -0.476 e. The van der Waals surface area contributed by atoms with Crippen molar-refractivity contribution >= 4 is 5.97 Å². The second-order valence-corrected chi connectivity index (χ2v) is 4.98. The smallest absolute Gasteiger partial charge is 0.358 e. The summed E-state index contributed by atoms with van der Waals surface area (Å²) in [6.07, 6.45) is 0.809. The van der Waals surface area contributed by atoms with Crippen molar-refractivity contribution in [3.8, 4) is 11.3 Å². The summed E-state index contributed by atoms with van der Waals surface area (Å²) in [5.74, 6) is -1.52. The Morgan fingerprint density at radius 3 is 2.57 bits per heavy atom. The number of aromatic carboxylic acids is 1. The molecule has 1 aromatic heterocycles. The predicted molar refractivity (Wildman–Crippen MR) is 75.5 cm³/mol. The number of benzene rings is 1. The van der Waals surface area contributed by atoms with Gasteiger partial charge in [0.2, 0.25) is 0 Å². The SMILES string of the molecule is CN(C)CCCn1nnc(C(=O)O)c1-c1ccc(F)cc1. The van der Waals surface area contributed by atoms with Gasteiger partial charge in [-0.25, -0.2) is 13.9 Å². The van der Waals surface area contributed by atoms with E-state index >= 15 is 0 Å². The Kier molecular flexibility index (Phi) is 4.64. The van der Waals surface area contributed by atoms with Crippen molar-refractivity contribution in [1.82, 2.24) is 19.9 Å². The quantitative estimate of drug-likeness (QED) is 0.878. The van der Waals surface area contributed by atoms with Crippen LogP contribution in [-0.2, 0) is 6.54 Å². The van der Waals surface area contributed by atoms with Crippen molar-refractivity contribution in [2.24, 2.45) is 0 Å². The average Bonchev–Trinajstić information content (AvgIpc) is 2.83. The Balaban J connectivity index is 2.33. The van der Waals surface area contributed by atoms with Crippen molar-refractivity contribution in [2.45, 2.75) is 13.0 Å². The summed E-state index contributed by atoms with van der Waals surface area (Å²) >= 11 is 0. The molecule has 1 heterocycles. The lowest BCUT2D eigenvalue weighted by molar-refractivity contribution is 0.0691. The van der Waals surface area contributed by atoms with Gasteiger partial charge in [-0.1, -0.05) is 5.21 Å². The molecule has 21 heavy (non-hydrogen) atoms. The van der Waals surface area contributed by atoms with E-state index in [9.17, 15) is 14.3 Å². The van der Waals surface area contributed by atoms with Crippen LogP contribution in [0.1, 0.15) is 16.9 Å². The lowest BCUT2D eigenvalue weighted by Crippen LogP contribution is -2.16. The van der Waals surface area contributed by atoms with Crippen LogP contribution < -0.4 is 0 Å². The van der Waals surface area contributed by atoms with Crippen molar-refractivity contribution in [3.63, 3.8) is 0 Å². The molecule has 0 saturated carbocycles. The first-order valence-electron chi connectivity index (χ1n) is 6.56. The van der Waals surface area contributed by atoms with Crippen LogP contribution in [0.4, 0.5) is 4.39 Å². The number of aromatic nitrogens is 3. The van der Waals surface area contributed by atoms with Crippen molar-refractivity contribution in [2.75, 3.05) is 20.6 Å². The molecule has 1 aromatic carbocycles. The van der Waals surface area contributed by atoms with Gasteiger partial charge in [-0.15, -0.1) is 5.10 Å². The maximum absolute atomic E-state index is 13.0. The molecule has 0 fully saturated rings. The second kappa shape index (κ2) is 6.45. The number of hydrogen-bond acceptors (Lipinski definition) is 4. The fourth-order valence-corrected chi connectivity index (χ4v) is 2.04. The van der Waals surface area contributed by atoms with Gasteiger partial charge < -0.3 is 10.0 Å². The Bertz CT molecular complexity index is 622. The largest absolute Gasteiger partial charge is 0.476 e. The van der Waals surface area contributed by atoms with Crippen LogP contribution >= 0.6 is 0 Å². The van der Waals surface area contributed by atoms with Gasteiger partial charge in [-0.2, -0.15) is 0 Å². The van der Waals surface area contributed by atoms with E-state index in [0.29, 0.717) is 17.8 Å². The average molecular weight is 292 g/mol. The van der Waals surface area contributed by atoms with Gasteiger partial charge >= 0.3 is 5.97 Å². The predicted octanol–water partition coefficient (Wildman–Crippen LogP) is 1.73.